The monoisotopic (exact) mass is 315 g/mol. The highest BCUT2D eigenvalue weighted by molar-refractivity contribution is 5.82. The fraction of sp³-hybridized carbons (Fsp3) is 0.500. The summed E-state index contributed by atoms with van der Waals surface area (Å²) in [5.41, 5.74) is 2.99. The number of methoxy groups -OCH3 is 1. The number of pyridine rings is 1. The first-order chi connectivity index (χ1) is 11.0. The van der Waals surface area contributed by atoms with Crippen LogP contribution in [0.3, 0.4) is 0 Å². The lowest BCUT2D eigenvalue weighted by Gasteiger charge is -2.23. The lowest BCUT2D eigenvalue weighted by Crippen LogP contribution is -2.30. The summed E-state index contributed by atoms with van der Waals surface area (Å²) in [7, 11) is 1.62. The highest BCUT2D eigenvalue weighted by Crippen LogP contribution is 2.45. The van der Waals surface area contributed by atoms with Crippen molar-refractivity contribution in [2.75, 3.05) is 7.11 Å². The number of aryl methyl sites for hydroxylation is 1. The Bertz CT molecular complexity index is 745. The van der Waals surface area contributed by atoms with Crippen LogP contribution in [0.25, 0.3) is 10.9 Å². The largest absolute Gasteiger partial charge is 0.353 e. The van der Waals surface area contributed by atoms with Crippen molar-refractivity contribution in [2.45, 2.75) is 51.2 Å². The third kappa shape index (κ3) is 2.44. The van der Waals surface area contributed by atoms with E-state index in [2.05, 4.69) is 19.1 Å². The second-order valence-corrected chi connectivity index (χ2v) is 6.61. The van der Waals surface area contributed by atoms with Crippen molar-refractivity contribution in [2.24, 2.45) is 0 Å². The molecular weight excluding hydrogens is 294 g/mol. The van der Waals surface area contributed by atoms with Crippen LogP contribution in [0.1, 0.15) is 31.2 Å². The lowest BCUT2D eigenvalue weighted by molar-refractivity contribution is -0.228. The Kier molecular flexibility index (Phi) is 3.43. The Balaban J connectivity index is 1.75. The van der Waals surface area contributed by atoms with E-state index in [1.165, 1.54) is 5.56 Å². The third-order valence-corrected chi connectivity index (χ3v) is 4.48. The third-order valence-electron chi connectivity index (χ3n) is 4.48. The molecule has 0 bridgehead atoms. The number of hydrogen-bond donors (Lipinski definition) is 0. The summed E-state index contributed by atoms with van der Waals surface area (Å²) in [6.45, 7) is 5.91. The van der Waals surface area contributed by atoms with Crippen LogP contribution < -0.4 is 0 Å². The molecule has 23 heavy (non-hydrogen) atoms. The van der Waals surface area contributed by atoms with Crippen LogP contribution in [-0.2, 0) is 18.9 Å². The zero-order valence-corrected chi connectivity index (χ0v) is 13.8. The Hall–Kier alpha value is -1.53. The summed E-state index contributed by atoms with van der Waals surface area (Å²) >= 11 is 0. The van der Waals surface area contributed by atoms with E-state index in [1.807, 2.05) is 32.0 Å². The van der Waals surface area contributed by atoms with Gasteiger partial charge in [0.25, 0.3) is 0 Å². The van der Waals surface area contributed by atoms with E-state index in [-0.39, 0.29) is 18.3 Å². The molecule has 4 atom stereocenters. The number of aromatic nitrogens is 1. The van der Waals surface area contributed by atoms with E-state index in [4.69, 9.17) is 23.9 Å². The van der Waals surface area contributed by atoms with Gasteiger partial charge in [-0.05, 0) is 38.5 Å². The molecule has 0 N–H and O–H groups in total. The first kappa shape index (κ1) is 15.0. The summed E-state index contributed by atoms with van der Waals surface area (Å²) in [6.07, 6.45) is -1.20. The minimum Gasteiger partial charge on any atom is -0.353 e. The van der Waals surface area contributed by atoms with Gasteiger partial charge in [-0.25, -0.2) is 4.98 Å². The molecule has 1 aromatic carbocycles. The van der Waals surface area contributed by atoms with E-state index in [9.17, 15) is 0 Å². The standard InChI is InChI=1S/C18H21NO4/c1-10-9-13(19-12-8-6-5-7-11(10)12)14-15-16(17(20-4)21-14)23-18(2,3)22-15/h5-9,14-17H,1-4H3/t14-,15-,16-,17-/m1/s1. The topological polar surface area (TPSA) is 49.8 Å². The van der Waals surface area contributed by atoms with E-state index in [0.29, 0.717) is 0 Å². The highest BCUT2D eigenvalue weighted by atomic mass is 16.8. The maximum atomic E-state index is 6.06. The van der Waals surface area contributed by atoms with Crippen LogP contribution in [0.5, 0.6) is 0 Å². The lowest BCUT2D eigenvalue weighted by atomic mass is 10.0. The van der Waals surface area contributed by atoms with Crippen LogP contribution in [0.2, 0.25) is 0 Å². The molecule has 0 saturated carbocycles. The average molecular weight is 315 g/mol. The summed E-state index contributed by atoms with van der Waals surface area (Å²) in [6, 6.07) is 10.2. The van der Waals surface area contributed by atoms with Crippen molar-refractivity contribution < 1.29 is 18.9 Å². The van der Waals surface area contributed by atoms with Crippen molar-refractivity contribution in [3.05, 3.63) is 41.6 Å². The maximum Gasteiger partial charge on any atom is 0.187 e. The molecule has 4 rings (SSSR count). The molecule has 0 radical (unpaired) electrons. The summed E-state index contributed by atoms with van der Waals surface area (Å²) < 4.78 is 23.5. The first-order valence-electron chi connectivity index (χ1n) is 7.89. The zero-order valence-electron chi connectivity index (χ0n) is 13.8. The molecule has 2 fully saturated rings. The molecule has 0 aliphatic carbocycles. The van der Waals surface area contributed by atoms with Gasteiger partial charge < -0.3 is 18.9 Å². The number of ether oxygens (including phenoxy) is 4. The SMILES string of the molecule is CO[C@@H]1O[C@H](c2cc(C)c3ccccc3n2)[C@H]2OC(C)(C)O[C@@H]12. The van der Waals surface area contributed by atoms with Crippen molar-refractivity contribution in [3.63, 3.8) is 0 Å². The first-order valence-corrected chi connectivity index (χ1v) is 7.89. The molecule has 0 spiro atoms. The minimum absolute atomic E-state index is 0.219. The van der Waals surface area contributed by atoms with Crippen LogP contribution in [0, 0.1) is 6.92 Å². The number of benzene rings is 1. The molecule has 3 heterocycles. The normalized spacial score (nSPS) is 32.3. The molecule has 5 nitrogen and oxygen atoms in total. The maximum absolute atomic E-state index is 6.06. The van der Waals surface area contributed by atoms with Gasteiger partial charge >= 0.3 is 0 Å². The van der Waals surface area contributed by atoms with Crippen LogP contribution in [0.15, 0.2) is 30.3 Å². The number of para-hydroxylation sites is 1. The second kappa shape index (κ2) is 5.24. The number of fused-ring (bicyclic) bond motifs is 2. The molecule has 2 aromatic rings. The van der Waals surface area contributed by atoms with E-state index in [1.54, 1.807) is 7.11 Å². The van der Waals surface area contributed by atoms with Gasteiger partial charge in [0.15, 0.2) is 12.1 Å². The fourth-order valence-electron chi connectivity index (χ4n) is 3.51. The summed E-state index contributed by atoms with van der Waals surface area (Å²) in [4.78, 5) is 4.78. The molecule has 122 valence electrons. The van der Waals surface area contributed by atoms with E-state index in [0.717, 1.165) is 16.6 Å². The Morgan fingerprint density at radius 1 is 1.13 bits per heavy atom. The van der Waals surface area contributed by atoms with Gasteiger partial charge in [-0.2, -0.15) is 0 Å². The van der Waals surface area contributed by atoms with E-state index < -0.39 is 12.1 Å². The van der Waals surface area contributed by atoms with Crippen LogP contribution in [-0.4, -0.2) is 36.4 Å². The predicted molar refractivity (Wildman–Crippen MR) is 84.9 cm³/mol. The average Bonchev–Trinajstić information content (AvgIpc) is 3.00. The number of nitrogens with zero attached hydrogens (tertiary/aromatic N) is 1. The minimum atomic E-state index is -0.639. The molecule has 5 heteroatoms. The van der Waals surface area contributed by atoms with Crippen molar-refractivity contribution in [1.29, 1.82) is 0 Å². The molecule has 1 aromatic heterocycles. The van der Waals surface area contributed by atoms with Gasteiger partial charge in [-0.3, -0.25) is 0 Å². The number of hydrogen-bond acceptors (Lipinski definition) is 5. The molecule has 0 unspecified atom stereocenters. The Morgan fingerprint density at radius 2 is 1.87 bits per heavy atom. The van der Waals surface area contributed by atoms with Gasteiger partial charge in [-0.15, -0.1) is 0 Å². The van der Waals surface area contributed by atoms with Gasteiger partial charge in [0, 0.05) is 12.5 Å². The van der Waals surface area contributed by atoms with Gasteiger partial charge in [0.2, 0.25) is 0 Å². The smallest absolute Gasteiger partial charge is 0.187 e. The van der Waals surface area contributed by atoms with Crippen molar-refractivity contribution in [1.82, 2.24) is 4.98 Å². The zero-order chi connectivity index (χ0) is 16.2. The van der Waals surface area contributed by atoms with Crippen molar-refractivity contribution in [3.8, 4) is 0 Å². The molecule has 2 saturated heterocycles. The van der Waals surface area contributed by atoms with Gasteiger partial charge in [0.1, 0.15) is 18.3 Å². The van der Waals surface area contributed by atoms with Crippen LogP contribution >= 0.6 is 0 Å². The van der Waals surface area contributed by atoms with E-state index >= 15 is 0 Å². The van der Waals surface area contributed by atoms with Crippen LogP contribution in [0.4, 0.5) is 0 Å². The molecular formula is C18H21NO4. The molecule has 2 aliphatic heterocycles. The summed E-state index contributed by atoms with van der Waals surface area (Å²) in [5, 5.41) is 1.15. The molecule has 0 amide bonds. The highest BCUT2D eigenvalue weighted by Gasteiger charge is 2.56. The number of rotatable bonds is 2. The van der Waals surface area contributed by atoms with Crippen molar-refractivity contribution >= 4 is 10.9 Å². The fourth-order valence-corrected chi connectivity index (χ4v) is 3.51. The predicted octanol–water partition coefficient (Wildman–Crippen LogP) is 3.11. The van der Waals surface area contributed by atoms with Gasteiger partial charge in [-0.1, -0.05) is 18.2 Å². The Morgan fingerprint density at radius 3 is 2.65 bits per heavy atom. The quantitative estimate of drug-likeness (QED) is 0.852. The van der Waals surface area contributed by atoms with Gasteiger partial charge in [0.05, 0.1) is 11.2 Å². The Labute approximate surface area is 135 Å². The molecule has 2 aliphatic rings. The summed E-state index contributed by atoms with van der Waals surface area (Å²) in [5.74, 6) is -0.639. The second-order valence-electron chi connectivity index (χ2n) is 6.61.